The lowest BCUT2D eigenvalue weighted by molar-refractivity contribution is -0.137. The molecule has 26 heavy (non-hydrogen) atoms. The molecule has 0 aliphatic carbocycles. The summed E-state index contributed by atoms with van der Waals surface area (Å²) in [6, 6.07) is 8.36. The van der Waals surface area contributed by atoms with Gasteiger partial charge < -0.3 is 0 Å². The average Bonchev–Trinajstić information content (AvgIpc) is 2.61. The Bertz CT molecular complexity index is 926. The summed E-state index contributed by atoms with van der Waals surface area (Å²) in [7, 11) is 0. The van der Waals surface area contributed by atoms with Crippen molar-refractivity contribution in [1.29, 1.82) is 0 Å². The van der Waals surface area contributed by atoms with Crippen LogP contribution in [0.4, 0.5) is 13.2 Å². The normalized spacial score (nSPS) is 13.3. The molecule has 1 N–H and O–H groups in total. The number of alkyl halides is 3. The van der Waals surface area contributed by atoms with Gasteiger partial charge in [-0.15, -0.1) is 5.10 Å². The number of nitrogens with one attached hydrogen (secondary N) is 1. The Kier molecular flexibility index (Phi) is 4.69. The van der Waals surface area contributed by atoms with Gasteiger partial charge in [0.05, 0.1) is 12.1 Å². The molecular weight excluding hydrogens is 371 g/mol. The highest BCUT2D eigenvalue weighted by molar-refractivity contribution is 6.69. The van der Waals surface area contributed by atoms with Crippen LogP contribution in [0.25, 0.3) is 0 Å². The van der Waals surface area contributed by atoms with Gasteiger partial charge in [0.1, 0.15) is 0 Å². The second kappa shape index (κ2) is 6.80. The number of benzene rings is 2. The maximum Gasteiger partial charge on any atom is 0.416 e. The Morgan fingerprint density at radius 1 is 1.04 bits per heavy atom. The van der Waals surface area contributed by atoms with Gasteiger partial charge in [0.15, 0.2) is 5.17 Å². The molecule has 0 atom stereocenters. The Hall–Kier alpha value is -2.87. The molecule has 0 bridgehead atoms. The quantitative estimate of drug-likeness (QED) is 0.812. The lowest BCUT2D eigenvalue weighted by atomic mass is 10.0. The molecule has 133 valence electrons. The van der Waals surface area contributed by atoms with Gasteiger partial charge in [0, 0.05) is 16.7 Å². The summed E-state index contributed by atoms with van der Waals surface area (Å²) >= 11 is 5.94. The number of hydrogen-bond donors (Lipinski definition) is 1. The summed E-state index contributed by atoms with van der Waals surface area (Å²) in [4.78, 5) is 24.3. The Morgan fingerprint density at radius 3 is 2.42 bits per heavy atom. The first-order chi connectivity index (χ1) is 12.3. The van der Waals surface area contributed by atoms with Crippen molar-refractivity contribution >= 4 is 28.6 Å². The highest BCUT2D eigenvalue weighted by Crippen LogP contribution is 2.29. The summed E-state index contributed by atoms with van der Waals surface area (Å²) in [6.07, 6.45) is -4.58. The van der Waals surface area contributed by atoms with Crippen molar-refractivity contribution in [3.63, 3.8) is 0 Å². The van der Waals surface area contributed by atoms with Crippen LogP contribution in [0.5, 0.6) is 0 Å². The highest BCUT2D eigenvalue weighted by atomic mass is 35.5. The lowest BCUT2D eigenvalue weighted by Crippen LogP contribution is -2.31. The van der Waals surface area contributed by atoms with Gasteiger partial charge in [0.2, 0.25) is 0 Å². The summed E-state index contributed by atoms with van der Waals surface area (Å²) in [5.41, 5.74) is 3.96. The van der Waals surface area contributed by atoms with Crippen molar-refractivity contribution in [3.8, 4) is 0 Å². The number of fused-ring (bicyclic) bond motifs is 1. The third kappa shape index (κ3) is 3.70. The highest BCUT2D eigenvalue weighted by Gasteiger charge is 2.31. The second-order valence-corrected chi connectivity index (χ2v) is 5.78. The van der Waals surface area contributed by atoms with E-state index in [0.29, 0.717) is 18.2 Å². The summed E-state index contributed by atoms with van der Waals surface area (Å²) in [5.74, 6) is -1.70. The number of amides is 2. The van der Waals surface area contributed by atoms with Crippen molar-refractivity contribution < 1.29 is 22.8 Å². The van der Waals surface area contributed by atoms with Crippen molar-refractivity contribution in [2.75, 3.05) is 0 Å². The predicted octanol–water partition coefficient (Wildman–Crippen LogP) is 3.29. The van der Waals surface area contributed by atoms with Gasteiger partial charge >= 0.3 is 6.18 Å². The minimum absolute atomic E-state index is 0.116. The molecule has 2 amide bonds. The number of nitrogens with zero attached hydrogens (tertiary/aromatic N) is 2. The van der Waals surface area contributed by atoms with Crippen molar-refractivity contribution in [1.82, 2.24) is 10.7 Å². The average molecular weight is 381 g/mol. The molecule has 9 heteroatoms. The van der Waals surface area contributed by atoms with Gasteiger partial charge in [-0.2, -0.15) is 18.6 Å². The van der Waals surface area contributed by atoms with Crippen LogP contribution in [0, 0.1) is 0 Å². The first kappa shape index (κ1) is 17.9. The molecule has 2 aromatic rings. The maximum absolute atomic E-state index is 12.7. The zero-order valence-electron chi connectivity index (χ0n) is 13.0. The molecule has 2 aromatic carbocycles. The van der Waals surface area contributed by atoms with Crippen LogP contribution in [0.3, 0.4) is 0 Å². The van der Waals surface area contributed by atoms with Crippen molar-refractivity contribution in [2.24, 2.45) is 5.10 Å². The molecule has 0 saturated heterocycles. The smallest absolute Gasteiger partial charge is 0.288 e. The molecule has 5 nitrogen and oxygen atoms in total. The van der Waals surface area contributed by atoms with E-state index in [1.54, 1.807) is 6.07 Å². The molecule has 0 spiro atoms. The molecule has 1 radical (unpaired) electrons. The first-order valence-corrected chi connectivity index (χ1v) is 7.69. The van der Waals surface area contributed by atoms with E-state index < -0.39 is 23.6 Å². The largest absolute Gasteiger partial charge is 0.416 e. The Morgan fingerprint density at radius 2 is 1.73 bits per heavy atom. The fourth-order valence-electron chi connectivity index (χ4n) is 2.36. The van der Waals surface area contributed by atoms with E-state index in [9.17, 15) is 22.8 Å². The minimum Gasteiger partial charge on any atom is -0.288 e. The van der Waals surface area contributed by atoms with E-state index in [1.807, 2.05) is 0 Å². The Balaban J connectivity index is 1.80. The van der Waals surface area contributed by atoms with E-state index in [0.717, 1.165) is 17.7 Å². The number of carbonyl (C=O) groups excluding carboxylic acids is 2. The van der Waals surface area contributed by atoms with Gasteiger partial charge in [-0.05, 0) is 35.9 Å². The van der Waals surface area contributed by atoms with Crippen LogP contribution >= 0.6 is 11.6 Å². The molecular formula is C17H10ClF3N3O2. The lowest BCUT2D eigenvalue weighted by Gasteiger charge is -2.13. The van der Waals surface area contributed by atoms with Crippen molar-refractivity contribution in [3.05, 3.63) is 70.3 Å². The number of hydrogen-bond acceptors (Lipinski definition) is 3. The minimum atomic E-state index is -4.58. The summed E-state index contributed by atoms with van der Waals surface area (Å²) in [6.45, 7) is 0.316. The van der Waals surface area contributed by atoms with E-state index in [-0.39, 0.29) is 16.3 Å². The molecule has 3 rings (SSSR count). The van der Waals surface area contributed by atoms with Gasteiger partial charge in [-0.1, -0.05) is 23.7 Å². The molecule has 0 unspecified atom stereocenters. The predicted molar refractivity (Wildman–Crippen MR) is 87.9 cm³/mol. The van der Waals surface area contributed by atoms with Crippen LogP contribution in [0.2, 0.25) is 0 Å². The third-order valence-electron chi connectivity index (χ3n) is 3.67. The fraction of sp³-hybridized carbons (Fsp3) is 0.118. The molecule has 0 fully saturated rings. The molecule has 1 aliphatic rings. The Labute approximate surface area is 150 Å². The van der Waals surface area contributed by atoms with Gasteiger partial charge in [-0.3, -0.25) is 14.9 Å². The van der Waals surface area contributed by atoms with Crippen LogP contribution in [-0.2, 0) is 12.7 Å². The van der Waals surface area contributed by atoms with Gasteiger partial charge in [0.25, 0.3) is 11.8 Å². The van der Waals surface area contributed by atoms with Gasteiger partial charge in [-0.25, -0.2) is 0 Å². The van der Waals surface area contributed by atoms with Crippen LogP contribution < -0.4 is 10.7 Å². The molecule has 0 aromatic heterocycles. The second-order valence-electron chi connectivity index (χ2n) is 5.42. The molecule has 1 heterocycles. The van der Waals surface area contributed by atoms with Crippen molar-refractivity contribution in [2.45, 2.75) is 12.7 Å². The zero-order valence-corrected chi connectivity index (χ0v) is 13.7. The molecule has 0 saturated carbocycles. The van der Waals surface area contributed by atoms with E-state index >= 15 is 0 Å². The zero-order chi connectivity index (χ0) is 18.9. The van der Waals surface area contributed by atoms with E-state index in [2.05, 4.69) is 15.8 Å². The monoisotopic (exact) mass is 380 g/mol. The van der Waals surface area contributed by atoms with Crippen LogP contribution in [0.1, 0.15) is 37.4 Å². The summed E-state index contributed by atoms with van der Waals surface area (Å²) < 4.78 is 38.2. The van der Waals surface area contributed by atoms with Crippen LogP contribution in [0.15, 0.2) is 47.6 Å². The third-order valence-corrected chi connectivity index (χ3v) is 3.95. The maximum atomic E-state index is 12.7. The van der Waals surface area contributed by atoms with Crippen LogP contribution in [-0.4, -0.2) is 17.0 Å². The number of imide groups is 1. The fourth-order valence-corrected chi connectivity index (χ4v) is 2.59. The SMILES string of the molecule is O=C(NC(=O)c1ccc2c(c1)C(Cl)=N[N]C2)c1cccc(C(F)(F)F)c1. The topological polar surface area (TPSA) is 72.6 Å². The standard InChI is InChI=1S/C17H10ClF3N3O2/c18-14-13-7-10(4-5-11(13)8-22-24-14)16(26)23-15(25)9-2-1-3-12(6-9)17(19,20)21/h1-7H,8H2,(H,23,25,26). The van der Waals surface area contributed by atoms with E-state index in [1.165, 1.54) is 18.2 Å². The molecule has 1 aliphatic heterocycles. The first-order valence-electron chi connectivity index (χ1n) is 7.32. The number of rotatable bonds is 2. The number of carbonyl (C=O) groups is 2. The number of halogens is 4. The van der Waals surface area contributed by atoms with E-state index in [4.69, 9.17) is 11.6 Å². The summed E-state index contributed by atoms with van der Waals surface area (Å²) in [5, 5.41) is 5.89.